The molecule has 1 aromatic heterocycles. The summed E-state index contributed by atoms with van der Waals surface area (Å²) in [4.78, 5) is 24.7. The Labute approximate surface area is 147 Å². The molecular weight excluding hydrogens is 318 g/mol. The van der Waals surface area contributed by atoms with E-state index >= 15 is 0 Å². The second kappa shape index (κ2) is 7.09. The van der Waals surface area contributed by atoms with Crippen LogP contribution in [0.5, 0.6) is 0 Å². The maximum atomic E-state index is 12.5. The number of hydrogen-bond acceptors (Lipinski definition) is 4. The Morgan fingerprint density at radius 2 is 1.96 bits per heavy atom. The average molecular weight is 341 g/mol. The highest BCUT2D eigenvalue weighted by Gasteiger charge is 2.36. The number of aryl methyl sites for hydroxylation is 1. The third kappa shape index (κ3) is 3.57. The van der Waals surface area contributed by atoms with Crippen LogP contribution in [0.15, 0.2) is 30.3 Å². The van der Waals surface area contributed by atoms with Crippen molar-refractivity contribution >= 4 is 11.9 Å². The van der Waals surface area contributed by atoms with Gasteiger partial charge in [-0.2, -0.15) is 5.10 Å². The van der Waals surface area contributed by atoms with E-state index in [0.717, 1.165) is 24.2 Å². The lowest BCUT2D eigenvalue weighted by molar-refractivity contribution is -0.147. The van der Waals surface area contributed by atoms with Gasteiger partial charge in [0.05, 0.1) is 18.0 Å². The summed E-state index contributed by atoms with van der Waals surface area (Å²) in [6, 6.07) is 8.88. The average Bonchev–Trinajstić information content (AvgIpc) is 3.40. The summed E-state index contributed by atoms with van der Waals surface area (Å²) < 4.78 is 6.99. The molecule has 0 aliphatic heterocycles. The van der Waals surface area contributed by atoms with Crippen molar-refractivity contribution in [2.45, 2.75) is 39.7 Å². The van der Waals surface area contributed by atoms with Crippen LogP contribution < -0.4 is 5.32 Å². The van der Waals surface area contributed by atoms with E-state index in [9.17, 15) is 9.59 Å². The maximum absolute atomic E-state index is 12.5. The second-order valence-corrected chi connectivity index (χ2v) is 6.30. The van der Waals surface area contributed by atoms with E-state index in [-0.39, 0.29) is 18.4 Å². The fourth-order valence-corrected chi connectivity index (χ4v) is 2.97. The number of rotatable bonds is 6. The Hall–Kier alpha value is -2.63. The van der Waals surface area contributed by atoms with Gasteiger partial charge in [0.15, 0.2) is 6.04 Å². The fourth-order valence-electron chi connectivity index (χ4n) is 2.97. The predicted octanol–water partition coefficient (Wildman–Crippen LogP) is 2.62. The lowest BCUT2D eigenvalue weighted by Gasteiger charge is -2.18. The SMILES string of the molecule is CCOC(=O)[C@@H](NC(=O)C1CC1)c1c(C)nn(-c2ccccc2)c1C. The topological polar surface area (TPSA) is 73.2 Å². The molecular formula is C19H23N3O3. The zero-order valence-corrected chi connectivity index (χ0v) is 14.8. The molecule has 0 spiro atoms. The molecule has 0 unspecified atom stereocenters. The first-order chi connectivity index (χ1) is 12.0. The molecule has 1 N–H and O–H groups in total. The molecule has 1 saturated carbocycles. The minimum Gasteiger partial charge on any atom is -0.464 e. The number of para-hydroxylation sites is 1. The first-order valence-electron chi connectivity index (χ1n) is 8.61. The van der Waals surface area contributed by atoms with Gasteiger partial charge in [0.25, 0.3) is 0 Å². The van der Waals surface area contributed by atoms with Crippen LogP contribution in [0, 0.1) is 19.8 Å². The molecule has 2 aromatic rings. The second-order valence-electron chi connectivity index (χ2n) is 6.30. The summed E-state index contributed by atoms with van der Waals surface area (Å²) in [6.07, 6.45) is 1.76. The van der Waals surface area contributed by atoms with Crippen LogP contribution in [0.1, 0.15) is 42.8 Å². The van der Waals surface area contributed by atoms with Gasteiger partial charge in [-0.1, -0.05) is 18.2 Å². The van der Waals surface area contributed by atoms with Crippen LogP contribution in [0.2, 0.25) is 0 Å². The van der Waals surface area contributed by atoms with Crippen LogP contribution in [0.25, 0.3) is 5.69 Å². The van der Waals surface area contributed by atoms with Gasteiger partial charge in [-0.25, -0.2) is 9.48 Å². The molecule has 1 atom stereocenters. The van der Waals surface area contributed by atoms with E-state index in [1.165, 1.54) is 0 Å². The first kappa shape index (κ1) is 17.2. The largest absolute Gasteiger partial charge is 0.464 e. The van der Waals surface area contributed by atoms with E-state index in [4.69, 9.17) is 4.74 Å². The summed E-state index contributed by atoms with van der Waals surface area (Å²) in [6.45, 7) is 5.76. The number of nitrogens with zero attached hydrogens (tertiary/aromatic N) is 2. The summed E-state index contributed by atoms with van der Waals surface area (Å²) in [5.41, 5.74) is 3.13. The molecule has 1 aromatic carbocycles. The molecule has 1 fully saturated rings. The standard InChI is InChI=1S/C19H23N3O3/c1-4-25-19(24)17(20-18(23)14-10-11-14)16-12(2)21-22(13(16)3)15-8-6-5-7-9-15/h5-9,14,17H,4,10-11H2,1-3H3,(H,20,23)/t17-/m0/s1. The first-order valence-corrected chi connectivity index (χ1v) is 8.61. The highest BCUT2D eigenvalue weighted by atomic mass is 16.5. The maximum Gasteiger partial charge on any atom is 0.333 e. The number of amides is 1. The molecule has 1 aliphatic rings. The lowest BCUT2D eigenvalue weighted by Crippen LogP contribution is -2.36. The highest BCUT2D eigenvalue weighted by molar-refractivity contribution is 5.88. The number of benzene rings is 1. The molecule has 0 radical (unpaired) electrons. The normalized spacial score (nSPS) is 14.8. The number of carbonyl (C=O) groups is 2. The molecule has 1 aliphatic carbocycles. The molecule has 1 heterocycles. The molecule has 6 nitrogen and oxygen atoms in total. The Bertz CT molecular complexity index is 779. The van der Waals surface area contributed by atoms with Crippen molar-refractivity contribution in [3.63, 3.8) is 0 Å². The summed E-state index contributed by atoms with van der Waals surface area (Å²) in [7, 11) is 0. The van der Waals surface area contributed by atoms with Crippen LogP contribution >= 0.6 is 0 Å². The zero-order valence-electron chi connectivity index (χ0n) is 14.8. The van der Waals surface area contributed by atoms with Crippen LogP contribution in [-0.4, -0.2) is 28.3 Å². The Balaban J connectivity index is 1.98. The van der Waals surface area contributed by atoms with Gasteiger partial charge in [0.2, 0.25) is 5.91 Å². The lowest BCUT2D eigenvalue weighted by atomic mass is 10.0. The molecule has 3 rings (SSSR count). The third-order valence-corrected chi connectivity index (χ3v) is 4.39. The van der Waals surface area contributed by atoms with E-state index in [1.54, 1.807) is 11.6 Å². The summed E-state index contributed by atoms with van der Waals surface area (Å²) in [5.74, 6) is -0.527. The van der Waals surface area contributed by atoms with E-state index in [1.807, 2.05) is 44.2 Å². The van der Waals surface area contributed by atoms with Gasteiger partial charge in [-0.05, 0) is 45.7 Å². The number of nitrogens with one attached hydrogen (secondary N) is 1. The van der Waals surface area contributed by atoms with Crippen molar-refractivity contribution in [3.05, 3.63) is 47.3 Å². The Kier molecular flexibility index (Phi) is 4.88. The molecule has 25 heavy (non-hydrogen) atoms. The molecule has 6 heteroatoms. The van der Waals surface area contributed by atoms with E-state index < -0.39 is 12.0 Å². The third-order valence-electron chi connectivity index (χ3n) is 4.39. The smallest absolute Gasteiger partial charge is 0.333 e. The highest BCUT2D eigenvalue weighted by Crippen LogP contribution is 2.31. The molecule has 0 bridgehead atoms. The van der Waals surface area contributed by atoms with Crippen molar-refractivity contribution in [2.24, 2.45) is 5.92 Å². The van der Waals surface area contributed by atoms with Crippen molar-refractivity contribution < 1.29 is 14.3 Å². The van der Waals surface area contributed by atoms with Crippen molar-refractivity contribution in [3.8, 4) is 5.69 Å². The minimum atomic E-state index is -0.828. The number of aromatic nitrogens is 2. The van der Waals surface area contributed by atoms with Crippen LogP contribution in [-0.2, 0) is 14.3 Å². The summed E-state index contributed by atoms with van der Waals surface area (Å²) >= 11 is 0. The number of carbonyl (C=O) groups excluding carboxylic acids is 2. The minimum absolute atomic E-state index is 0.0155. The number of hydrogen-bond donors (Lipinski definition) is 1. The van der Waals surface area contributed by atoms with Crippen LogP contribution in [0.3, 0.4) is 0 Å². The monoisotopic (exact) mass is 341 g/mol. The van der Waals surface area contributed by atoms with Gasteiger partial charge in [0, 0.05) is 17.2 Å². The Morgan fingerprint density at radius 3 is 2.56 bits per heavy atom. The van der Waals surface area contributed by atoms with Gasteiger partial charge in [-0.15, -0.1) is 0 Å². The molecule has 1 amide bonds. The zero-order chi connectivity index (χ0) is 18.0. The van der Waals surface area contributed by atoms with Crippen LogP contribution in [0.4, 0.5) is 0 Å². The molecule has 132 valence electrons. The van der Waals surface area contributed by atoms with Crippen molar-refractivity contribution in [2.75, 3.05) is 6.61 Å². The van der Waals surface area contributed by atoms with Gasteiger partial charge >= 0.3 is 5.97 Å². The van der Waals surface area contributed by atoms with Crippen molar-refractivity contribution in [1.29, 1.82) is 0 Å². The van der Waals surface area contributed by atoms with Gasteiger partial charge < -0.3 is 10.1 Å². The van der Waals surface area contributed by atoms with Gasteiger partial charge in [0.1, 0.15) is 0 Å². The van der Waals surface area contributed by atoms with E-state index in [0.29, 0.717) is 11.3 Å². The van der Waals surface area contributed by atoms with E-state index in [2.05, 4.69) is 10.4 Å². The number of esters is 1. The quantitative estimate of drug-likeness (QED) is 0.820. The Morgan fingerprint density at radius 1 is 1.28 bits per heavy atom. The summed E-state index contributed by atoms with van der Waals surface area (Å²) in [5, 5.41) is 7.43. The number of ether oxygens (including phenoxy) is 1. The predicted molar refractivity (Wildman–Crippen MR) is 93.3 cm³/mol. The van der Waals surface area contributed by atoms with Crippen molar-refractivity contribution in [1.82, 2.24) is 15.1 Å². The van der Waals surface area contributed by atoms with Gasteiger partial charge in [-0.3, -0.25) is 4.79 Å². The molecule has 0 saturated heterocycles. The fraction of sp³-hybridized carbons (Fsp3) is 0.421.